The lowest BCUT2D eigenvalue weighted by atomic mass is 10.3. The van der Waals surface area contributed by atoms with Crippen molar-refractivity contribution in [3.63, 3.8) is 0 Å². The molecule has 0 bridgehead atoms. The zero-order valence-corrected chi connectivity index (χ0v) is 10.6. The number of hydrogen-bond acceptors (Lipinski definition) is 3. The summed E-state index contributed by atoms with van der Waals surface area (Å²) in [6.45, 7) is 8.74. The Bertz CT molecular complexity index is 295. The van der Waals surface area contributed by atoms with Crippen LogP contribution in [0.2, 0.25) is 0 Å². The minimum Gasteiger partial charge on any atom is -0.335 e. The molecule has 0 atom stereocenters. The molecule has 0 unspecified atom stereocenters. The molecule has 76 valence electrons. The van der Waals surface area contributed by atoms with Crippen LogP contribution in [0.3, 0.4) is 0 Å². The molecule has 0 aliphatic carbocycles. The molecule has 1 heterocycles. The maximum atomic E-state index is 4.28. The summed E-state index contributed by atoms with van der Waals surface area (Å²) in [5.41, 5.74) is 0. The van der Waals surface area contributed by atoms with E-state index in [1.54, 1.807) is 0 Å². The van der Waals surface area contributed by atoms with Crippen molar-refractivity contribution < 1.29 is 0 Å². The van der Waals surface area contributed by atoms with Crippen molar-refractivity contribution >= 4 is 28.5 Å². The molecule has 1 rings (SSSR count). The highest BCUT2D eigenvalue weighted by Crippen LogP contribution is 2.11. The van der Waals surface area contributed by atoms with Gasteiger partial charge in [0, 0.05) is 28.6 Å². The van der Waals surface area contributed by atoms with Crippen LogP contribution >= 0.6 is 22.6 Å². The number of halogens is 1. The second-order valence-corrected chi connectivity index (χ2v) is 4.48. The molecule has 0 aliphatic heterocycles. The van der Waals surface area contributed by atoms with Crippen LogP contribution in [0.15, 0.2) is 25.0 Å². The molecule has 0 saturated carbocycles. The molecule has 0 fully saturated rings. The van der Waals surface area contributed by atoms with Crippen molar-refractivity contribution in [3.8, 4) is 0 Å². The first-order valence-electron chi connectivity index (χ1n) is 4.50. The molecule has 0 aliphatic rings. The molecule has 0 aromatic carbocycles. The predicted molar refractivity (Wildman–Crippen MR) is 67.4 cm³/mol. The van der Waals surface area contributed by atoms with Gasteiger partial charge in [0.1, 0.15) is 0 Å². The molecule has 0 spiro atoms. The minimum absolute atomic E-state index is 0.382. The molecule has 1 aromatic rings. The van der Waals surface area contributed by atoms with Crippen LogP contribution < -0.4 is 4.90 Å². The maximum Gasteiger partial charge on any atom is 0.225 e. The Hall–Kier alpha value is -0.650. The van der Waals surface area contributed by atoms with E-state index in [1.165, 1.54) is 0 Å². The Morgan fingerprint density at radius 1 is 1.50 bits per heavy atom. The number of rotatable bonds is 4. The molecular formula is C10H14IN3. The first-order chi connectivity index (χ1) is 6.65. The maximum absolute atomic E-state index is 4.28. The van der Waals surface area contributed by atoms with E-state index >= 15 is 0 Å². The summed E-state index contributed by atoms with van der Waals surface area (Å²) in [6, 6.07) is 0.382. The van der Waals surface area contributed by atoms with Gasteiger partial charge in [-0.2, -0.15) is 0 Å². The van der Waals surface area contributed by atoms with Crippen LogP contribution in [0.25, 0.3) is 0 Å². The van der Waals surface area contributed by atoms with Gasteiger partial charge in [-0.3, -0.25) is 0 Å². The largest absolute Gasteiger partial charge is 0.335 e. The molecule has 1 aromatic heterocycles. The molecule has 0 saturated heterocycles. The lowest BCUT2D eigenvalue weighted by molar-refractivity contribution is 0.698. The quantitative estimate of drug-likeness (QED) is 0.632. The zero-order valence-electron chi connectivity index (χ0n) is 8.44. The van der Waals surface area contributed by atoms with Crippen LogP contribution in [0.5, 0.6) is 0 Å². The third-order valence-electron chi connectivity index (χ3n) is 1.81. The average Bonchev–Trinajstić information content (AvgIpc) is 2.15. The lowest BCUT2D eigenvalue weighted by Crippen LogP contribution is -2.32. The topological polar surface area (TPSA) is 29.0 Å². The number of aromatic nitrogens is 2. The van der Waals surface area contributed by atoms with Crippen LogP contribution in [0.4, 0.5) is 5.95 Å². The van der Waals surface area contributed by atoms with E-state index in [0.717, 1.165) is 16.1 Å². The van der Waals surface area contributed by atoms with Crippen molar-refractivity contribution in [1.29, 1.82) is 0 Å². The Morgan fingerprint density at radius 2 is 2.07 bits per heavy atom. The fourth-order valence-electron chi connectivity index (χ4n) is 1.12. The molecule has 0 amide bonds. The number of hydrogen-bond donors (Lipinski definition) is 0. The highest BCUT2D eigenvalue weighted by atomic mass is 127. The average molecular weight is 303 g/mol. The summed E-state index contributed by atoms with van der Waals surface area (Å²) >= 11 is 2.19. The Balaban J connectivity index is 2.87. The monoisotopic (exact) mass is 303 g/mol. The van der Waals surface area contributed by atoms with E-state index in [9.17, 15) is 0 Å². The highest BCUT2D eigenvalue weighted by Gasteiger charge is 2.10. The first-order valence-corrected chi connectivity index (χ1v) is 5.58. The number of anilines is 1. The summed E-state index contributed by atoms with van der Waals surface area (Å²) in [5.74, 6) is 0.764. The SMILES string of the molecule is C=CCN(c1ncc(I)cn1)C(C)C. The van der Waals surface area contributed by atoms with E-state index in [1.807, 2.05) is 18.5 Å². The van der Waals surface area contributed by atoms with Gasteiger partial charge in [-0.15, -0.1) is 6.58 Å². The van der Waals surface area contributed by atoms with Crippen molar-refractivity contribution in [2.24, 2.45) is 0 Å². The fraction of sp³-hybridized carbons (Fsp3) is 0.400. The van der Waals surface area contributed by atoms with Crippen molar-refractivity contribution in [2.75, 3.05) is 11.4 Å². The minimum atomic E-state index is 0.382. The second kappa shape index (κ2) is 5.29. The van der Waals surface area contributed by atoms with Gasteiger partial charge in [0.05, 0.1) is 0 Å². The normalized spacial score (nSPS) is 10.3. The van der Waals surface area contributed by atoms with E-state index in [-0.39, 0.29) is 0 Å². The lowest BCUT2D eigenvalue weighted by Gasteiger charge is -2.24. The second-order valence-electron chi connectivity index (χ2n) is 3.24. The Morgan fingerprint density at radius 3 is 2.50 bits per heavy atom. The van der Waals surface area contributed by atoms with Gasteiger partial charge >= 0.3 is 0 Å². The standard InChI is InChI=1S/C10H14IN3/c1-4-5-14(8(2)3)10-12-6-9(11)7-13-10/h4,6-8H,1,5H2,2-3H3. The molecule has 4 heteroatoms. The van der Waals surface area contributed by atoms with E-state index in [0.29, 0.717) is 6.04 Å². The molecule has 14 heavy (non-hydrogen) atoms. The van der Waals surface area contributed by atoms with Gasteiger partial charge in [0.2, 0.25) is 5.95 Å². The summed E-state index contributed by atoms with van der Waals surface area (Å²) in [6.07, 6.45) is 5.50. The Kier molecular flexibility index (Phi) is 4.31. The molecule has 0 N–H and O–H groups in total. The van der Waals surface area contributed by atoms with E-state index in [2.05, 4.69) is 57.9 Å². The van der Waals surface area contributed by atoms with Crippen LogP contribution in [-0.2, 0) is 0 Å². The summed E-state index contributed by atoms with van der Waals surface area (Å²) in [5, 5.41) is 0. The first kappa shape index (κ1) is 11.4. The van der Waals surface area contributed by atoms with Crippen LogP contribution in [-0.4, -0.2) is 22.6 Å². The van der Waals surface area contributed by atoms with Gasteiger partial charge < -0.3 is 4.90 Å². The van der Waals surface area contributed by atoms with Crippen molar-refractivity contribution in [2.45, 2.75) is 19.9 Å². The fourth-order valence-corrected chi connectivity index (χ4v) is 1.39. The van der Waals surface area contributed by atoms with E-state index in [4.69, 9.17) is 0 Å². The van der Waals surface area contributed by atoms with Gasteiger partial charge in [0.25, 0.3) is 0 Å². The van der Waals surface area contributed by atoms with E-state index < -0.39 is 0 Å². The summed E-state index contributed by atoms with van der Waals surface area (Å²) < 4.78 is 1.05. The van der Waals surface area contributed by atoms with Gasteiger partial charge in [-0.1, -0.05) is 6.08 Å². The third kappa shape index (κ3) is 2.94. The van der Waals surface area contributed by atoms with Gasteiger partial charge in [-0.25, -0.2) is 9.97 Å². The smallest absolute Gasteiger partial charge is 0.225 e. The number of nitrogens with zero attached hydrogens (tertiary/aromatic N) is 3. The summed E-state index contributed by atoms with van der Waals surface area (Å²) in [7, 11) is 0. The van der Waals surface area contributed by atoms with Crippen LogP contribution in [0, 0.1) is 3.57 Å². The molecular weight excluding hydrogens is 289 g/mol. The highest BCUT2D eigenvalue weighted by molar-refractivity contribution is 14.1. The van der Waals surface area contributed by atoms with Crippen LogP contribution in [0.1, 0.15) is 13.8 Å². The van der Waals surface area contributed by atoms with Gasteiger partial charge in [-0.05, 0) is 36.4 Å². The van der Waals surface area contributed by atoms with Gasteiger partial charge in [0.15, 0.2) is 0 Å². The zero-order chi connectivity index (χ0) is 10.6. The Labute approximate surface area is 98.4 Å². The molecule has 0 radical (unpaired) electrons. The van der Waals surface area contributed by atoms with Crippen molar-refractivity contribution in [1.82, 2.24) is 9.97 Å². The third-order valence-corrected chi connectivity index (χ3v) is 2.37. The predicted octanol–water partition coefficient (Wildman–Crippen LogP) is 2.48. The molecule has 3 nitrogen and oxygen atoms in total. The van der Waals surface area contributed by atoms with Crippen molar-refractivity contribution in [3.05, 3.63) is 28.6 Å². The summed E-state index contributed by atoms with van der Waals surface area (Å²) in [4.78, 5) is 10.7.